The third kappa shape index (κ3) is 6.43. The zero-order chi connectivity index (χ0) is 14.8. The highest BCUT2D eigenvalue weighted by atomic mass is 32.1. The van der Waals surface area contributed by atoms with Crippen LogP contribution in [0.5, 0.6) is 0 Å². The highest BCUT2D eigenvalue weighted by Gasteiger charge is 2.02. The normalized spacial score (nSPS) is 10.7. The van der Waals surface area contributed by atoms with Gasteiger partial charge >= 0.3 is 0 Å². The van der Waals surface area contributed by atoms with Crippen molar-refractivity contribution in [2.45, 2.75) is 20.0 Å². The monoisotopic (exact) mass is 297 g/mol. The number of rotatable bonds is 10. The molecule has 0 aliphatic rings. The van der Waals surface area contributed by atoms with Crippen molar-refractivity contribution >= 4 is 17.2 Å². The van der Waals surface area contributed by atoms with Gasteiger partial charge in [0.15, 0.2) is 0 Å². The first-order valence-corrected chi connectivity index (χ1v) is 7.09. The van der Waals surface area contributed by atoms with Gasteiger partial charge in [0.05, 0.1) is 19.8 Å². The Kier molecular flexibility index (Phi) is 8.37. The van der Waals surface area contributed by atoms with Gasteiger partial charge < -0.3 is 19.9 Å². The second-order valence-corrected chi connectivity index (χ2v) is 4.96. The second kappa shape index (κ2) is 9.83. The first-order chi connectivity index (χ1) is 9.65. The number of methoxy groups -OCH3 is 1. The molecule has 0 unspecified atom stereocenters. The lowest BCUT2D eigenvalue weighted by atomic mass is 10.1. The lowest BCUT2D eigenvalue weighted by molar-refractivity contribution is 0.0483. The molecule has 1 rings (SSSR count). The Morgan fingerprint density at radius 3 is 2.55 bits per heavy atom. The molecular weight excluding hydrogens is 274 g/mol. The van der Waals surface area contributed by atoms with E-state index in [2.05, 4.69) is 0 Å². The molecule has 0 atom stereocenters. The molecule has 4 nitrogen and oxygen atoms in total. The number of hydrogen-bond acceptors (Lipinski definition) is 4. The third-order valence-electron chi connectivity index (χ3n) is 2.89. The van der Waals surface area contributed by atoms with Crippen LogP contribution in [-0.2, 0) is 20.8 Å². The Morgan fingerprint density at radius 2 is 1.90 bits per heavy atom. The van der Waals surface area contributed by atoms with Gasteiger partial charge in [0.2, 0.25) is 0 Å². The van der Waals surface area contributed by atoms with Crippen molar-refractivity contribution in [3.05, 3.63) is 34.9 Å². The van der Waals surface area contributed by atoms with E-state index >= 15 is 0 Å². The molecule has 112 valence electrons. The van der Waals surface area contributed by atoms with Crippen molar-refractivity contribution < 1.29 is 14.2 Å². The average Bonchev–Trinajstić information content (AvgIpc) is 2.43. The maximum Gasteiger partial charge on any atom is 0.103 e. The van der Waals surface area contributed by atoms with E-state index in [0.717, 1.165) is 23.1 Å². The second-order valence-electron chi connectivity index (χ2n) is 4.52. The first-order valence-electron chi connectivity index (χ1n) is 6.69. The van der Waals surface area contributed by atoms with Gasteiger partial charge in [0, 0.05) is 25.9 Å². The minimum Gasteiger partial charge on any atom is -0.389 e. The number of hydrogen-bond donors (Lipinski definition) is 1. The molecule has 0 aromatic heterocycles. The number of benzene rings is 1. The molecule has 0 heterocycles. The molecule has 0 saturated heterocycles. The smallest absolute Gasteiger partial charge is 0.103 e. The highest BCUT2D eigenvalue weighted by molar-refractivity contribution is 7.80. The molecule has 20 heavy (non-hydrogen) atoms. The zero-order valence-corrected chi connectivity index (χ0v) is 13.0. The van der Waals surface area contributed by atoms with Crippen molar-refractivity contribution in [3.63, 3.8) is 0 Å². The molecule has 0 bridgehead atoms. The summed E-state index contributed by atoms with van der Waals surface area (Å²) >= 11 is 4.95. The predicted octanol–water partition coefficient (Wildman–Crippen LogP) is 2.20. The summed E-state index contributed by atoms with van der Waals surface area (Å²) in [6.07, 6.45) is 0.883. The molecule has 1 aromatic carbocycles. The SMILES string of the molecule is COCCOCCCOCc1ccc(C(N)=S)cc1C. The maximum atomic E-state index is 5.63. The van der Waals surface area contributed by atoms with Gasteiger partial charge in [-0.15, -0.1) is 0 Å². The first kappa shape index (κ1) is 17.0. The highest BCUT2D eigenvalue weighted by Crippen LogP contribution is 2.12. The molecule has 0 aliphatic carbocycles. The summed E-state index contributed by atoms with van der Waals surface area (Å²) in [6, 6.07) is 5.94. The van der Waals surface area contributed by atoms with Crippen LogP contribution in [0.4, 0.5) is 0 Å². The van der Waals surface area contributed by atoms with Crippen LogP contribution in [0.15, 0.2) is 18.2 Å². The van der Waals surface area contributed by atoms with Crippen molar-refractivity contribution in [1.29, 1.82) is 0 Å². The van der Waals surface area contributed by atoms with Crippen molar-refractivity contribution in [3.8, 4) is 0 Å². The van der Waals surface area contributed by atoms with Gasteiger partial charge in [0.25, 0.3) is 0 Å². The summed E-state index contributed by atoms with van der Waals surface area (Å²) in [5.74, 6) is 0. The fraction of sp³-hybridized carbons (Fsp3) is 0.533. The summed E-state index contributed by atoms with van der Waals surface area (Å²) in [5, 5.41) is 0. The Labute approximate surface area is 126 Å². The maximum absolute atomic E-state index is 5.63. The zero-order valence-electron chi connectivity index (χ0n) is 12.2. The molecule has 0 saturated carbocycles. The Hall–Kier alpha value is -1.01. The Morgan fingerprint density at radius 1 is 1.15 bits per heavy atom. The van der Waals surface area contributed by atoms with Crippen molar-refractivity contribution in [1.82, 2.24) is 0 Å². The van der Waals surface area contributed by atoms with E-state index in [1.54, 1.807) is 7.11 Å². The van der Waals surface area contributed by atoms with Gasteiger partial charge in [-0.1, -0.05) is 24.4 Å². The number of thiocarbonyl (C=S) groups is 1. The largest absolute Gasteiger partial charge is 0.389 e. The van der Waals surface area contributed by atoms with E-state index in [1.165, 1.54) is 0 Å². The summed E-state index contributed by atoms with van der Waals surface area (Å²) in [7, 11) is 1.66. The quantitative estimate of drug-likeness (QED) is 0.530. The van der Waals surface area contributed by atoms with Gasteiger partial charge in [-0.05, 0) is 30.5 Å². The van der Waals surface area contributed by atoms with E-state index in [1.807, 2.05) is 25.1 Å². The molecule has 0 amide bonds. The minimum absolute atomic E-state index is 0.425. The van der Waals surface area contributed by atoms with Gasteiger partial charge in [-0.25, -0.2) is 0 Å². The van der Waals surface area contributed by atoms with Crippen LogP contribution in [0.2, 0.25) is 0 Å². The number of aryl methyl sites for hydroxylation is 1. The lowest BCUT2D eigenvalue weighted by Crippen LogP contribution is -2.10. The van der Waals surface area contributed by atoms with Crippen LogP contribution in [-0.4, -0.2) is 38.5 Å². The van der Waals surface area contributed by atoms with Crippen molar-refractivity contribution in [2.75, 3.05) is 33.5 Å². The van der Waals surface area contributed by atoms with Crippen LogP contribution >= 0.6 is 12.2 Å². The lowest BCUT2D eigenvalue weighted by Gasteiger charge is -2.09. The molecule has 2 N–H and O–H groups in total. The predicted molar refractivity (Wildman–Crippen MR) is 84.0 cm³/mol. The summed E-state index contributed by atoms with van der Waals surface area (Å²) in [4.78, 5) is 0.425. The summed E-state index contributed by atoms with van der Waals surface area (Å²) in [6.45, 7) is 5.29. The van der Waals surface area contributed by atoms with E-state index in [0.29, 0.717) is 38.0 Å². The standard InChI is InChI=1S/C15H23NO3S/c1-12-10-13(15(16)20)4-5-14(12)11-19-7-3-6-18-9-8-17-2/h4-5,10H,3,6-9,11H2,1-2H3,(H2,16,20). The molecule has 1 aromatic rings. The number of ether oxygens (including phenoxy) is 3. The van der Waals surface area contributed by atoms with E-state index in [4.69, 9.17) is 32.2 Å². The van der Waals surface area contributed by atoms with Gasteiger partial charge in [-0.3, -0.25) is 0 Å². The van der Waals surface area contributed by atoms with E-state index < -0.39 is 0 Å². The van der Waals surface area contributed by atoms with E-state index in [-0.39, 0.29) is 0 Å². The Balaban J connectivity index is 2.20. The van der Waals surface area contributed by atoms with Crippen LogP contribution in [0.25, 0.3) is 0 Å². The van der Waals surface area contributed by atoms with Crippen LogP contribution in [0.3, 0.4) is 0 Å². The van der Waals surface area contributed by atoms with Crippen LogP contribution < -0.4 is 5.73 Å². The van der Waals surface area contributed by atoms with E-state index in [9.17, 15) is 0 Å². The fourth-order valence-corrected chi connectivity index (χ4v) is 1.83. The topological polar surface area (TPSA) is 53.7 Å². The van der Waals surface area contributed by atoms with Crippen LogP contribution in [0, 0.1) is 6.92 Å². The molecule has 0 radical (unpaired) electrons. The number of nitrogens with two attached hydrogens (primary N) is 1. The van der Waals surface area contributed by atoms with Gasteiger partial charge in [-0.2, -0.15) is 0 Å². The molecular formula is C15H23NO3S. The minimum atomic E-state index is 0.425. The summed E-state index contributed by atoms with van der Waals surface area (Å²) in [5.41, 5.74) is 8.80. The van der Waals surface area contributed by atoms with Gasteiger partial charge in [0.1, 0.15) is 4.99 Å². The third-order valence-corrected chi connectivity index (χ3v) is 3.13. The molecule has 0 fully saturated rings. The van der Waals surface area contributed by atoms with Crippen molar-refractivity contribution in [2.24, 2.45) is 5.73 Å². The molecule has 5 heteroatoms. The molecule has 0 aliphatic heterocycles. The van der Waals surface area contributed by atoms with Crippen LogP contribution in [0.1, 0.15) is 23.1 Å². The average molecular weight is 297 g/mol. The summed E-state index contributed by atoms with van der Waals surface area (Å²) < 4.78 is 15.9. The molecule has 0 spiro atoms. The Bertz CT molecular complexity index is 424. The fourth-order valence-electron chi connectivity index (χ4n) is 1.70.